The fraction of sp³-hybridized carbons (Fsp3) is 0.333. The van der Waals surface area contributed by atoms with E-state index in [1.165, 1.54) is 6.07 Å². The van der Waals surface area contributed by atoms with Gasteiger partial charge in [-0.3, -0.25) is 24.0 Å². The van der Waals surface area contributed by atoms with Gasteiger partial charge in [0.2, 0.25) is 5.91 Å². The Balaban J connectivity index is 1.61. The minimum atomic E-state index is -0.199. The number of hydrogen-bond donors (Lipinski definition) is 1. The molecule has 2 aromatic rings. The largest absolute Gasteiger partial charge is 0.326 e. The number of rotatable bonds is 2. The summed E-state index contributed by atoms with van der Waals surface area (Å²) in [5, 5.41) is 0. The summed E-state index contributed by atoms with van der Waals surface area (Å²) >= 11 is 0. The molecule has 0 saturated carbocycles. The molecule has 6 nitrogen and oxygen atoms in total. The molecule has 1 aromatic carbocycles. The second kappa shape index (κ2) is 5.89. The highest BCUT2D eigenvalue weighted by Gasteiger charge is 2.44. The molecule has 124 valence electrons. The summed E-state index contributed by atoms with van der Waals surface area (Å²) in [5.41, 5.74) is 7.69. The zero-order valence-corrected chi connectivity index (χ0v) is 13.3. The van der Waals surface area contributed by atoms with Gasteiger partial charge in [-0.25, -0.2) is 0 Å². The second-order valence-corrected chi connectivity index (χ2v) is 6.40. The van der Waals surface area contributed by atoms with Crippen molar-refractivity contribution in [2.75, 3.05) is 18.1 Å². The Hall–Kier alpha value is -2.44. The van der Waals surface area contributed by atoms with E-state index in [-0.39, 0.29) is 23.6 Å². The van der Waals surface area contributed by atoms with Gasteiger partial charge in [0, 0.05) is 36.2 Å². The molecule has 0 spiro atoms. The number of aromatic nitrogens is 1. The highest BCUT2D eigenvalue weighted by molar-refractivity contribution is 5.99. The zero-order chi connectivity index (χ0) is 16.7. The number of amides is 1. The van der Waals surface area contributed by atoms with Crippen LogP contribution in [0, 0.1) is 0 Å². The molecule has 1 aromatic heterocycles. The van der Waals surface area contributed by atoms with Crippen LogP contribution in [0.3, 0.4) is 0 Å². The summed E-state index contributed by atoms with van der Waals surface area (Å²) < 4.78 is 1.58. The van der Waals surface area contributed by atoms with E-state index < -0.39 is 0 Å². The van der Waals surface area contributed by atoms with Crippen LogP contribution in [0.2, 0.25) is 0 Å². The highest BCUT2D eigenvalue weighted by atomic mass is 16.2. The molecule has 3 heterocycles. The van der Waals surface area contributed by atoms with Crippen LogP contribution in [-0.2, 0) is 4.79 Å². The van der Waals surface area contributed by atoms with Gasteiger partial charge in [0.05, 0.1) is 6.67 Å². The maximum Gasteiger partial charge on any atom is 0.255 e. The van der Waals surface area contributed by atoms with Crippen LogP contribution in [0.25, 0.3) is 5.69 Å². The Morgan fingerprint density at radius 3 is 2.46 bits per heavy atom. The minimum absolute atomic E-state index is 0.0758. The molecule has 1 amide bonds. The van der Waals surface area contributed by atoms with Gasteiger partial charge in [0.25, 0.3) is 5.56 Å². The van der Waals surface area contributed by atoms with Gasteiger partial charge in [-0.05, 0) is 43.2 Å². The third-order valence-corrected chi connectivity index (χ3v) is 4.89. The van der Waals surface area contributed by atoms with Crippen LogP contribution >= 0.6 is 0 Å². The number of nitrogens with two attached hydrogens (primary N) is 1. The van der Waals surface area contributed by atoms with Crippen molar-refractivity contribution in [3.8, 4) is 5.69 Å². The van der Waals surface area contributed by atoms with E-state index >= 15 is 0 Å². The number of carbonyl (C=O) groups is 1. The van der Waals surface area contributed by atoms with Crippen molar-refractivity contribution in [2.45, 2.75) is 24.9 Å². The first-order chi connectivity index (χ1) is 11.6. The molecule has 2 fully saturated rings. The topological polar surface area (TPSA) is 71.6 Å². The first kappa shape index (κ1) is 15.1. The van der Waals surface area contributed by atoms with Gasteiger partial charge in [-0.2, -0.15) is 0 Å². The maximum absolute atomic E-state index is 12.7. The van der Waals surface area contributed by atoms with Gasteiger partial charge in [-0.1, -0.05) is 6.07 Å². The lowest BCUT2D eigenvalue weighted by molar-refractivity contribution is -0.120. The molecule has 2 aliphatic heterocycles. The lowest BCUT2D eigenvalue weighted by atomic mass is 9.98. The number of benzene rings is 1. The highest BCUT2D eigenvalue weighted by Crippen LogP contribution is 2.28. The van der Waals surface area contributed by atoms with Crippen molar-refractivity contribution in [2.24, 2.45) is 5.73 Å². The van der Waals surface area contributed by atoms with Crippen molar-refractivity contribution in [1.82, 2.24) is 9.47 Å². The molecular weight excluding hydrogens is 304 g/mol. The average Bonchev–Trinajstić information content (AvgIpc) is 2.94. The summed E-state index contributed by atoms with van der Waals surface area (Å²) in [6, 6.07) is 12.3. The fourth-order valence-corrected chi connectivity index (χ4v) is 3.65. The van der Waals surface area contributed by atoms with E-state index in [9.17, 15) is 9.59 Å². The van der Waals surface area contributed by atoms with Gasteiger partial charge >= 0.3 is 0 Å². The van der Waals surface area contributed by atoms with Crippen LogP contribution in [0.1, 0.15) is 12.8 Å². The lowest BCUT2D eigenvalue weighted by Gasteiger charge is -2.31. The normalized spacial score (nSPS) is 24.2. The second-order valence-electron chi connectivity index (χ2n) is 6.40. The predicted octanol–water partition coefficient (Wildman–Crippen LogP) is 0.933. The molecule has 2 N–H and O–H groups in total. The van der Waals surface area contributed by atoms with E-state index in [0.717, 1.165) is 30.8 Å². The molecule has 2 aliphatic rings. The van der Waals surface area contributed by atoms with Crippen LogP contribution < -0.4 is 16.2 Å². The number of carbonyl (C=O) groups excluding carboxylic acids is 1. The van der Waals surface area contributed by atoms with Crippen molar-refractivity contribution < 1.29 is 4.79 Å². The number of pyridine rings is 1. The van der Waals surface area contributed by atoms with Gasteiger partial charge in [0.1, 0.15) is 6.04 Å². The molecule has 0 radical (unpaired) electrons. The summed E-state index contributed by atoms with van der Waals surface area (Å²) in [7, 11) is 0. The molecule has 0 unspecified atom stereocenters. The monoisotopic (exact) mass is 324 g/mol. The van der Waals surface area contributed by atoms with Gasteiger partial charge in [0.15, 0.2) is 0 Å². The van der Waals surface area contributed by atoms with Crippen LogP contribution in [0.4, 0.5) is 5.69 Å². The molecule has 6 heteroatoms. The first-order valence-corrected chi connectivity index (χ1v) is 8.24. The standard InChI is InChI=1S/C18H20N4O2/c19-15-4-3-10-20-12-22(18(24)17(15)20)14-8-6-13(7-9-14)21-11-2-1-5-16(21)23/h1-2,5-9,11,15,17H,3-4,10,12,19H2/t15-,17+/m1/s1. The Labute approximate surface area is 140 Å². The number of fused-ring (bicyclic) bond motifs is 1. The number of piperidine rings is 1. The number of hydrogen-bond acceptors (Lipinski definition) is 4. The quantitative estimate of drug-likeness (QED) is 0.892. The number of nitrogens with zero attached hydrogens (tertiary/aromatic N) is 3. The lowest BCUT2D eigenvalue weighted by Crippen LogP contribution is -2.51. The SMILES string of the molecule is N[C@@H]1CCCN2CN(c3ccc(-n4ccccc4=O)cc3)C(=O)[C@H]12. The molecule has 2 saturated heterocycles. The van der Waals surface area contributed by atoms with Crippen LogP contribution in [0.5, 0.6) is 0 Å². The molecule has 4 rings (SSSR count). The first-order valence-electron chi connectivity index (χ1n) is 8.24. The summed E-state index contributed by atoms with van der Waals surface area (Å²) in [6.45, 7) is 1.50. The fourth-order valence-electron chi connectivity index (χ4n) is 3.65. The van der Waals surface area contributed by atoms with E-state index in [1.807, 2.05) is 30.3 Å². The third-order valence-electron chi connectivity index (χ3n) is 4.89. The molecule has 24 heavy (non-hydrogen) atoms. The third kappa shape index (κ3) is 2.44. The Morgan fingerprint density at radius 2 is 1.75 bits per heavy atom. The van der Waals surface area contributed by atoms with Crippen LogP contribution in [0.15, 0.2) is 53.5 Å². The number of anilines is 1. The molecule has 0 aliphatic carbocycles. The smallest absolute Gasteiger partial charge is 0.255 e. The average molecular weight is 324 g/mol. The predicted molar refractivity (Wildman–Crippen MR) is 92.1 cm³/mol. The minimum Gasteiger partial charge on any atom is -0.326 e. The Kier molecular flexibility index (Phi) is 3.70. The van der Waals surface area contributed by atoms with E-state index in [4.69, 9.17) is 5.73 Å². The van der Waals surface area contributed by atoms with Crippen LogP contribution in [-0.4, -0.2) is 40.7 Å². The van der Waals surface area contributed by atoms with Crippen molar-refractivity contribution in [3.63, 3.8) is 0 Å². The molecular formula is C18H20N4O2. The summed E-state index contributed by atoms with van der Waals surface area (Å²) in [6.07, 6.45) is 3.67. The summed E-state index contributed by atoms with van der Waals surface area (Å²) in [5.74, 6) is 0.0758. The molecule has 2 atom stereocenters. The summed E-state index contributed by atoms with van der Waals surface area (Å²) in [4.78, 5) is 28.6. The Bertz CT molecular complexity index is 814. The van der Waals surface area contributed by atoms with E-state index in [2.05, 4.69) is 4.90 Å². The van der Waals surface area contributed by atoms with E-state index in [1.54, 1.807) is 21.7 Å². The Morgan fingerprint density at radius 1 is 1.00 bits per heavy atom. The zero-order valence-electron chi connectivity index (χ0n) is 13.3. The van der Waals surface area contributed by atoms with E-state index in [0.29, 0.717) is 6.67 Å². The molecule has 0 bridgehead atoms. The van der Waals surface area contributed by atoms with Gasteiger partial charge < -0.3 is 5.73 Å². The van der Waals surface area contributed by atoms with Crippen molar-refractivity contribution in [3.05, 3.63) is 59.0 Å². The van der Waals surface area contributed by atoms with Crippen molar-refractivity contribution in [1.29, 1.82) is 0 Å². The van der Waals surface area contributed by atoms with Gasteiger partial charge in [-0.15, -0.1) is 0 Å². The van der Waals surface area contributed by atoms with Crippen molar-refractivity contribution >= 4 is 11.6 Å². The maximum atomic E-state index is 12.7.